The van der Waals surface area contributed by atoms with Gasteiger partial charge in [0.1, 0.15) is 11.1 Å². The number of hydrogen-bond acceptors (Lipinski definition) is 4. The monoisotopic (exact) mass is 330 g/mol. The third-order valence-electron chi connectivity index (χ3n) is 4.39. The van der Waals surface area contributed by atoms with Gasteiger partial charge in [0.15, 0.2) is 0 Å². The molecule has 1 unspecified atom stereocenters. The van der Waals surface area contributed by atoms with Crippen molar-refractivity contribution in [2.24, 2.45) is 5.73 Å². The van der Waals surface area contributed by atoms with Crippen LogP contribution in [0.2, 0.25) is 0 Å². The summed E-state index contributed by atoms with van der Waals surface area (Å²) in [5.74, 6) is -1.01. The molecule has 1 aliphatic rings. The summed E-state index contributed by atoms with van der Waals surface area (Å²) in [5, 5.41) is 10.3. The number of carboxylic acids is 1. The minimum atomic E-state index is -1.30. The molecule has 0 spiro atoms. The molecule has 0 bridgehead atoms. The first-order valence-electron chi connectivity index (χ1n) is 7.99. The lowest BCUT2D eigenvalue weighted by Crippen LogP contribution is -2.52. The van der Waals surface area contributed by atoms with Crippen LogP contribution in [-0.4, -0.2) is 32.9 Å². The van der Waals surface area contributed by atoms with Gasteiger partial charge in [-0.25, -0.2) is 9.36 Å². The number of hydrogen-bond donors (Lipinski definition) is 2. The van der Waals surface area contributed by atoms with Crippen LogP contribution >= 0.6 is 0 Å². The van der Waals surface area contributed by atoms with Gasteiger partial charge in [0.25, 0.3) is 0 Å². The molecule has 0 radical (unpaired) electrons. The predicted octanol–water partition coefficient (Wildman–Crippen LogP) is 2.70. The van der Waals surface area contributed by atoms with E-state index in [-0.39, 0.29) is 12.8 Å². The summed E-state index contributed by atoms with van der Waals surface area (Å²) in [6.07, 6.45) is 0.467. The Morgan fingerprint density at radius 3 is 2.58 bits per heavy atom. The lowest BCUT2D eigenvalue weighted by Gasteiger charge is -2.30. The molecule has 24 heavy (non-hydrogen) atoms. The lowest BCUT2D eigenvalue weighted by molar-refractivity contribution is -0.143. The summed E-state index contributed by atoms with van der Waals surface area (Å²) in [5.41, 5.74) is 6.52. The molecule has 1 heterocycles. The first-order valence-corrected chi connectivity index (χ1v) is 7.99. The minimum absolute atomic E-state index is 0.202. The highest BCUT2D eigenvalue weighted by atomic mass is 16.6. The molecule has 128 valence electrons. The summed E-state index contributed by atoms with van der Waals surface area (Å²) in [6.45, 7) is 5.45. The molecular formula is C18H22N2O4. The molecule has 0 saturated heterocycles. The van der Waals surface area contributed by atoms with Gasteiger partial charge < -0.3 is 15.6 Å². The second-order valence-electron chi connectivity index (χ2n) is 7.40. The zero-order valence-corrected chi connectivity index (χ0v) is 14.1. The third-order valence-corrected chi connectivity index (χ3v) is 4.39. The van der Waals surface area contributed by atoms with E-state index < -0.39 is 23.2 Å². The third kappa shape index (κ3) is 2.67. The van der Waals surface area contributed by atoms with E-state index in [1.165, 1.54) is 0 Å². The van der Waals surface area contributed by atoms with E-state index in [9.17, 15) is 14.7 Å². The molecule has 1 atom stereocenters. The zero-order chi connectivity index (χ0) is 17.7. The number of benzene rings is 1. The Kier molecular flexibility index (Phi) is 3.68. The van der Waals surface area contributed by atoms with Crippen LogP contribution in [0.1, 0.15) is 38.4 Å². The number of fused-ring (bicyclic) bond motifs is 3. The fourth-order valence-electron chi connectivity index (χ4n) is 3.26. The SMILES string of the molecule is CC(C)(C)OC(=O)n1c2c(c3ccccc31)CC(N)(C(=O)O)CC2. The van der Waals surface area contributed by atoms with Gasteiger partial charge in [-0.3, -0.25) is 4.79 Å². The van der Waals surface area contributed by atoms with Crippen molar-refractivity contribution in [1.82, 2.24) is 4.57 Å². The van der Waals surface area contributed by atoms with E-state index in [0.717, 1.165) is 22.2 Å². The van der Waals surface area contributed by atoms with Crippen molar-refractivity contribution < 1.29 is 19.4 Å². The van der Waals surface area contributed by atoms with Gasteiger partial charge in [-0.1, -0.05) is 18.2 Å². The molecule has 0 fully saturated rings. The molecule has 1 aliphatic carbocycles. The van der Waals surface area contributed by atoms with Crippen molar-refractivity contribution in [2.75, 3.05) is 0 Å². The van der Waals surface area contributed by atoms with Crippen LogP contribution < -0.4 is 5.73 Å². The Labute approximate surface area is 140 Å². The van der Waals surface area contributed by atoms with Gasteiger partial charge in [0.2, 0.25) is 0 Å². The normalized spacial score (nSPS) is 20.7. The molecule has 0 saturated carbocycles. The van der Waals surface area contributed by atoms with Crippen LogP contribution in [0.5, 0.6) is 0 Å². The standard InChI is InChI=1S/C18H22N2O4/c1-17(2,3)24-16(23)20-13-7-5-4-6-11(13)12-10-18(19,15(21)22)9-8-14(12)20/h4-7H,8-10,19H2,1-3H3,(H,21,22). The highest BCUT2D eigenvalue weighted by Crippen LogP contribution is 2.35. The molecule has 2 aromatic rings. The molecule has 6 nitrogen and oxygen atoms in total. The molecule has 1 aromatic carbocycles. The zero-order valence-electron chi connectivity index (χ0n) is 14.1. The molecular weight excluding hydrogens is 308 g/mol. The first-order chi connectivity index (χ1) is 11.1. The molecule has 0 amide bonds. The van der Waals surface area contributed by atoms with Gasteiger partial charge in [0, 0.05) is 17.5 Å². The maximum atomic E-state index is 12.7. The van der Waals surface area contributed by atoms with Crippen molar-refractivity contribution in [3.05, 3.63) is 35.5 Å². The van der Waals surface area contributed by atoms with E-state index in [4.69, 9.17) is 10.5 Å². The van der Waals surface area contributed by atoms with Crippen molar-refractivity contribution in [3.8, 4) is 0 Å². The number of aliphatic carboxylic acids is 1. The number of ether oxygens (including phenoxy) is 1. The van der Waals surface area contributed by atoms with Crippen LogP contribution in [-0.2, 0) is 22.4 Å². The molecule has 6 heteroatoms. The second kappa shape index (κ2) is 5.34. The van der Waals surface area contributed by atoms with E-state index in [2.05, 4.69) is 0 Å². The van der Waals surface area contributed by atoms with Gasteiger partial charge >= 0.3 is 12.1 Å². The number of rotatable bonds is 1. The van der Waals surface area contributed by atoms with Crippen molar-refractivity contribution in [3.63, 3.8) is 0 Å². The van der Waals surface area contributed by atoms with E-state index in [0.29, 0.717) is 6.42 Å². The van der Waals surface area contributed by atoms with Gasteiger partial charge in [-0.05, 0) is 45.2 Å². The maximum Gasteiger partial charge on any atom is 0.419 e. The second-order valence-corrected chi connectivity index (χ2v) is 7.40. The largest absolute Gasteiger partial charge is 0.480 e. The Hall–Kier alpha value is -2.34. The maximum absolute atomic E-state index is 12.7. The summed E-state index contributed by atoms with van der Waals surface area (Å²) in [4.78, 5) is 24.2. The van der Waals surface area contributed by atoms with E-state index in [1.807, 2.05) is 45.0 Å². The average molecular weight is 330 g/mol. The quantitative estimate of drug-likeness (QED) is 0.838. The fraction of sp³-hybridized carbons (Fsp3) is 0.444. The summed E-state index contributed by atoms with van der Waals surface area (Å²) in [7, 11) is 0. The van der Waals surface area contributed by atoms with Gasteiger partial charge in [-0.15, -0.1) is 0 Å². The summed E-state index contributed by atoms with van der Waals surface area (Å²) < 4.78 is 7.10. The molecule has 0 aliphatic heterocycles. The molecule has 3 rings (SSSR count). The number of nitrogens with two attached hydrogens (primary N) is 1. The lowest BCUT2D eigenvalue weighted by atomic mass is 9.80. The Bertz CT molecular complexity index is 831. The summed E-state index contributed by atoms with van der Waals surface area (Å²) in [6, 6.07) is 7.45. The number of para-hydroxylation sites is 1. The van der Waals surface area contributed by atoms with Gasteiger partial charge in [-0.2, -0.15) is 0 Å². The highest BCUT2D eigenvalue weighted by molar-refractivity contribution is 5.95. The van der Waals surface area contributed by atoms with E-state index >= 15 is 0 Å². The average Bonchev–Trinajstić information content (AvgIpc) is 2.79. The van der Waals surface area contributed by atoms with Crippen molar-refractivity contribution >= 4 is 23.0 Å². The minimum Gasteiger partial charge on any atom is -0.480 e. The number of aromatic nitrogens is 1. The number of nitrogens with zero attached hydrogens (tertiary/aromatic N) is 1. The Morgan fingerprint density at radius 1 is 1.29 bits per heavy atom. The Balaban J connectivity index is 2.16. The fourth-order valence-corrected chi connectivity index (χ4v) is 3.26. The topological polar surface area (TPSA) is 94.5 Å². The van der Waals surface area contributed by atoms with Crippen LogP contribution in [0.25, 0.3) is 10.9 Å². The first kappa shape index (κ1) is 16.5. The number of carbonyl (C=O) groups excluding carboxylic acids is 1. The highest BCUT2D eigenvalue weighted by Gasteiger charge is 2.41. The van der Waals surface area contributed by atoms with Crippen molar-refractivity contribution in [2.45, 2.75) is 51.2 Å². The summed E-state index contributed by atoms with van der Waals surface area (Å²) >= 11 is 0. The van der Waals surface area contributed by atoms with Crippen LogP contribution in [0.15, 0.2) is 24.3 Å². The molecule has 3 N–H and O–H groups in total. The smallest absolute Gasteiger partial charge is 0.419 e. The molecule has 1 aromatic heterocycles. The van der Waals surface area contributed by atoms with Crippen LogP contribution in [0.3, 0.4) is 0 Å². The predicted molar refractivity (Wildman–Crippen MR) is 90.1 cm³/mol. The van der Waals surface area contributed by atoms with Crippen LogP contribution in [0, 0.1) is 0 Å². The van der Waals surface area contributed by atoms with Crippen LogP contribution in [0.4, 0.5) is 4.79 Å². The van der Waals surface area contributed by atoms with Crippen molar-refractivity contribution in [1.29, 1.82) is 0 Å². The number of carboxylic acid groups (broad SMARTS) is 1. The van der Waals surface area contributed by atoms with Gasteiger partial charge in [0.05, 0.1) is 5.52 Å². The van der Waals surface area contributed by atoms with E-state index in [1.54, 1.807) is 4.57 Å². The number of carbonyl (C=O) groups is 2. The Morgan fingerprint density at radius 2 is 1.96 bits per heavy atom.